The Morgan fingerprint density at radius 1 is 1.25 bits per heavy atom. The van der Waals surface area contributed by atoms with Gasteiger partial charge in [0.15, 0.2) is 0 Å². The third-order valence-electron chi connectivity index (χ3n) is 3.64. The van der Waals surface area contributed by atoms with Crippen LogP contribution >= 0.6 is 0 Å². The minimum absolute atomic E-state index is 0.0591. The molecule has 5 nitrogen and oxygen atoms in total. The van der Waals surface area contributed by atoms with Gasteiger partial charge in [-0.2, -0.15) is 0 Å². The third-order valence-corrected chi connectivity index (χ3v) is 3.64. The number of ether oxygens (including phenoxy) is 1. The van der Waals surface area contributed by atoms with Crippen molar-refractivity contribution in [3.8, 4) is 0 Å². The smallest absolute Gasteiger partial charge is 0.134 e. The third kappa shape index (κ3) is 3.60. The van der Waals surface area contributed by atoms with Crippen molar-refractivity contribution >= 4 is 11.6 Å². The number of aromatic nitrogens is 2. The molecule has 1 aliphatic heterocycles. The van der Waals surface area contributed by atoms with E-state index in [0.29, 0.717) is 6.04 Å². The number of rotatable bonds is 4. The summed E-state index contributed by atoms with van der Waals surface area (Å²) in [6, 6.07) is 0.404. The molecular formula is C15H26N4O. The van der Waals surface area contributed by atoms with Crippen molar-refractivity contribution < 1.29 is 4.74 Å². The van der Waals surface area contributed by atoms with E-state index >= 15 is 0 Å². The summed E-state index contributed by atoms with van der Waals surface area (Å²) in [4.78, 5) is 9.01. The molecule has 1 saturated heterocycles. The topological polar surface area (TPSA) is 59.1 Å². The highest BCUT2D eigenvalue weighted by Crippen LogP contribution is 2.28. The average Bonchev–Trinajstić information content (AvgIpc) is 2.34. The van der Waals surface area contributed by atoms with Gasteiger partial charge in [-0.1, -0.05) is 0 Å². The highest BCUT2D eigenvalue weighted by atomic mass is 16.5. The largest absolute Gasteiger partial charge is 0.375 e. The van der Waals surface area contributed by atoms with Crippen LogP contribution in [0.1, 0.15) is 45.0 Å². The Morgan fingerprint density at radius 3 is 2.60 bits per heavy atom. The van der Waals surface area contributed by atoms with Gasteiger partial charge in [0.1, 0.15) is 17.5 Å². The van der Waals surface area contributed by atoms with Crippen LogP contribution in [0.2, 0.25) is 0 Å². The van der Waals surface area contributed by atoms with Gasteiger partial charge in [0.05, 0.1) is 5.60 Å². The normalized spacial score (nSPS) is 21.6. The van der Waals surface area contributed by atoms with Crippen LogP contribution in [0.25, 0.3) is 0 Å². The molecule has 2 heterocycles. The van der Waals surface area contributed by atoms with Gasteiger partial charge in [-0.25, -0.2) is 9.97 Å². The Labute approximate surface area is 121 Å². The lowest BCUT2D eigenvalue weighted by atomic mass is 9.94. The maximum absolute atomic E-state index is 5.76. The number of anilines is 2. The predicted molar refractivity (Wildman–Crippen MR) is 82.3 cm³/mol. The Balaban J connectivity index is 2.16. The minimum Gasteiger partial charge on any atom is -0.375 e. The predicted octanol–water partition coefficient (Wildman–Crippen LogP) is 2.89. The van der Waals surface area contributed by atoms with Crippen LogP contribution in [0.3, 0.4) is 0 Å². The first-order valence-electron chi connectivity index (χ1n) is 7.41. The van der Waals surface area contributed by atoms with Crippen molar-refractivity contribution in [2.45, 2.75) is 59.1 Å². The second kappa shape index (κ2) is 5.95. The Kier molecular flexibility index (Phi) is 4.48. The van der Waals surface area contributed by atoms with E-state index in [1.54, 1.807) is 0 Å². The summed E-state index contributed by atoms with van der Waals surface area (Å²) in [6.45, 7) is 12.0. The minimum atomic E-state index is -0.0591. The number of nitrogens with one attached hydrogen (secondary N) is 2. The van der Waals surface area contributed by atoms with Crippen molar-refractivity contribution in [3.63, 3.8) is 0 Å². The molecule has 0 amide bonds. The van der Waals surface area contributed by atoms with E-state index in [0.717, 1.165) is 49.0 Å². The summed E-state index contributed by atoms with van der Waals surface area (Å²) in [5.41, 5.74) is 1.03. The van der Waals surface area contributed by atoms with Gasteiger partial charge in [0.25, 0.3) is 0 Å². The summed E-state index contributed by atoms with van der Waals surface area (Å²) in [6.07, 6.45) is 2.01. The zero-order valence-corrected chi connectivity index (χ0v) is 13.2. The van der Waals surface area contributed by atoms with Crippen LogP contribution in [0, 0.1) is 13.8 Å². The van der Waals surface area contributed by atoms with Crippen molar-refractivity contribution in [3.05, 3.63) is 11.4 Å². The molecule has 0 spiro atoms. The van der Waals surface area contributed by atoms with Crippen LogP contribution in [-0.2, 0) is 4.74 Å². The zero-order chi connectivity index (χ0) is 14.8. The fourth-order valence-corrected chi connectivity index (χ4v) is 2.66. The monoisotopic (exact) mass is 278 g/mol. The standard InChI is InChI=1S/C15H26N4O/c1-6-16-13-10(2)14(18-11(3)17-13)19-12-7-8-20-15(4,5)9-12/h12H,6-9H2,1-5H3,(H2,16,17,18,19). The first-order chi connectivity index (χ1) is 9.41. The summed E-state index contributed by atoms with van der Waals surface area (Å²) < 4.78 is 5.76. The molecule has 0 aromatic carbocycles. The highest BCUT2D eigenvalue weighted by Gasteiger charge is 2.29. The first kappa shape index (κ1) is 15.0. The molecule has 2 rings (SSSR count). The van der Waals surface area contributed by atoms with Gasteiger partial charge >= 0.3 is 0 Å². The SMILES string of the molecule is CCNc1nc(C)nc(NC2CCOC(C)(C)C2)c1C. The highest BCUT2D eigenvalue weighted by molar-refractivity contribution is 5.57. The van der Waals surface area contributed by atoms with Crippen LogP contribution in [0.5, 0.6) is 0 Å². The molecule has 5 heteroatoms. The Morgan fingerprint density at radius 2 is 1.95 bits per heavy atom. The molecule has 0 saturated carbocycles. The molecule has 1 aliphatic rings. The van der Waals surface area contributed by atoms with E-state index in [-0.39, 0.29) is 5.60 Å². The lowest BCUT2D eigenvalue weighted by molar-refractivity contribution is -0.0553. The maximum Gasteiger partial charge on any atom is 0.134 e. The number of hydrogen-bond donors (Lipinski definition) is 2. The van der Waals surface area contributed by atoms with Gasteiger partial charge in [0.2, 0.25) is 0 Å². The van der Waals surface area contributed by atoms with E-state index in [1.807, 2.05) is 6.92 Å². The fraction of sp³-hybridized carbons (Fsp3) is 0.733. The molecule has 1 unspecified atom stereocenters. The molecule has 0 bridgehead atoms. The van der Waals surface area contributed by atoms with Crippen molar-refractivity contribution in [2.24, 2.45) is 0 Å². The molecule has 0 radical (unpaired) electrons. The second-order valence-electron chi connectivity index (χ2n) is 6.07. The maximum atomic E-state index is 5.76. The lowest BCUT2D eigenvalue weighted by Crippen LogP contribution is -2.40. The van der Waals surface area contributed by atoms with Gasteiger partial charge in [0, 0.05) is 24.8 Å². The molecule has 1 atom stereocenters. The molecule has 2 N–H and O–H groups in total. The van der Waals surface area contributed by atoms with Crippen LogP contribution in [0.4, 0.5) is 11.6 Å². The van der Waals surface area contributed by atoms with Crippen LogP contribution < -0.4 is 10.6 Å². The number of nitrogens with zero attached hydrogens (tertiary/aromatic N) is 2. The van der Waals surface area contributed by atoms with Gasteiger partial charge < -0.3 is 15.4 Å². The molecule has 1 fully saturated rings. The van der Waals surface area contributed by atoms with E-state index in [1.165, 1.54) is 0 Å². The Hall–Kier alpha value is -1.36. The van der Waals surface area contributed by atoms with Crippen molar-refractivity contribution in [1.29, 1.82) is 0 Å². The van der Waals surface area contributed by atoms with Gasteiger partial charge in [-0.3, -0.25) is 0 Å². The molecule has 1 aromatic rings. The molecule has 20 heavy (non-hydrogen) atoms. The van der Waals surface area contributed by atoms with Crippen molar-refractivity contribution in [1.82, 2.24) is 9.97 Å². The summed E-state index contributed by atoms with van der Waals surface area (Å²) in [5, 5.41) is 6.87. The molecule has 0 aliphatic carbocycles. The van der Waals surface area contributed by atoms with Crippen LogP contribution in [0.15, 0.2) is 0 Å². The van der Waals surface area contributed by atoms with Crippen LogP contribution in [-0.4, -0.2) is 34.8 Å². The summed E-state index contributed by atoms with van der Waals surface area (Å²) in [5.74, 6) is 2.66. The molecule has 1 aromatic heterocycles. The second-order valence-corrected chi connectivity index (χ2v) is 6.07. The number of aryl methyl sites for hydroxylation is 1. The van der Waals surface area contributed by atoms with E-state index < -0.39 is 0 Å². The zero-order valence-electron chi connectivity index (χ0n) is 13.2. The first-order valence-corrected chi connectivity index (χ1v) is 7.41. The lowest BCUT2D eigenvalue weighted by Gasteiger charge is -2.36. The summed E-state index contributed by atoms with van der Waals surface area (Å²) >= 11 is 0. The summed E-state index contributed by atoms with van der Waals surface area (Å²) in [7, 11) is 0. The molecule has 112 valence electrons. The average molecular weight is 278 g/mol. The quantitative estimate of drug-likeness (QED) is 0.887. The fourth-order valence-electron chi connectivity index (χ4n) is 2.66. The van der Waals surface area contributed by atoms with Crippen molar-refractivity contribution in [2.75, 3.05) is 23.8 Å². The number of hydrogen-bond acceptors (Lipinski definition) is 5. The Bertz CT molecular complexity index is 473. The van der Waals surface area contributed by atoms with E-state index in [9.17, 15) is 0 Å². The van der Waals surface area contributed by atoms with E-state index in [2.05, 4.69) is 48.3 Å². The van der Waals surface area contributed by atoms with E-state index in [4.69, 9.17) is 4.74 Å². The van der Waals surface area contributed by atoms with Gasteiger partial charge in [-0.15, -0.1) is 0 Å². The molecular weight excluding hydrogens is 252 g/mol. The van der Waals surface area contributed by atoms with Gasteiger partial charge in [-0.05, 0) is 47.5 Å².